The number of aromatic nitrogens is 3. The molecule has 0 fully saturated rings. The van der Waals surface area contributed by atoms with Gasteiger partial charge in [-0.05, 0) is 32.4 Å². The molecule has 0 unspecified atom stereocenters. The maximum atomic E-state index is 8.98. The van der Waals surface area contributed by atoms with Crippen LogP contribution >= 0.6 is 0 Å². The number of allylic oxidation sites excluding steroid dienone is 1. The van der Waals surface area contributed by atoms with E-state index in [0.717, 1.165) is 34.4 Å². The van der Waals surface area contributed by atoms with Gasteiger partial charge in [-0.1, -0.05) is 0 Å². The first-order chi connectivity index (χ1) is 7.13. The summed E-state index contributed by atoms with van der Waals surface area (Å²) >= 11 is 0. The molecule has 78 valence electrons. The van der Waals surface area contributed by atoms with Gasteiger partial charge >= 0.3 is 0 Å². The molecule has 2 heterocycles. The average Bonchev–Trinajstić information content (AvgIpc) is 2.60. The van der Waals surface area contributed by atoms with Gasteiger partial charge in [-0.2, -0.15) is 5.10 Å². The van der Waals surface area contributed by atoms with Crippen molar-refractivity contribution in [3.8, 4) is 0 Å². The van der Waals surface area contributed by atoms with Crippen molar-refractivity contribution in [2.45, 2.75) is 20.8 Å². The summed E-state index contributed by atoms with van der Waals surface area (Å²) in [5.41, 5.74) is 4.41. The fourth-order valence-electron chi connectivity index (χ4n) is 1.62. The molecule has 2 aromatic heterocycles. The Bertz CT molecular complexity index is 540. The summed E-state index contributed by atoms with van der Waals surface area (Å²) in [6.07, 6.45) is 2.80. The van der Waals surface area contributed by atoms with Crippen molar-refractivity contribution in [1.29, 1.82) is 0 Å². The highest BCUT2D eigenvalue weighted by molar-refractivity contribution is 5.73. The number of aryl methyl sites for hydroxylation is 2. The molecule has 0 bridgehead atoms. The van der Waals surface area contributed by atoms with Gasteiger partial charge < -0.3 is 5.11 Å². The minimum atomic E-state index is 0.766. The topological polar surface area (TPSA) is 50.4 Å². The number of fused-ring (bicyclic) bond motifs is 1. The van der Waals surface area contributed by atoms with E-state index in [9.17, 15) is 0 Å². The second kappa shape index (κ2) is 3.38. The van der Waals surface area contributed by atoms with Crippen LogP contribution in [0, 0.1) is 13.8 Å². The Hall–Kier alpha value is -1.84. The van der Waals surface area contributed by atoms with Crippen LogP contribution in [0.5, 0.6) is 0 Å². The molecular weight excluding hydrogens is 190 g/mol. The molecule has 0 spiro atoms. The number of hydrogen-bond donors (Lipinski definition) is 1. The summed E-state index contributed by atoms with van der Waals surface area (Å²) in [5.74, 6) is 0. The van der Waals surface area contributed by atoms with Gasteiger partial charge in [0.2, 0.25) is 0 Å². The SMILES string of the molecule is CC(=CO)c1cnn2c(C)cc(C)nc12. The number of nitrogens with zero attached hydrogens (tertiary/aromatic N) is 3. The number of hydrogen-bond acceptors (Lipinski definition) is 3. The Morgan fingerprint density at radius 1 is 1.47 bits per heavy atom. The lowest BCUT2D eigenvalue weighted by Crippen LogP contribution is -1.97. The molecule has 0 saturated carbocycles. The molecule has 4 nitrogen and oxygen atoms in total. The van der Waals surface area contributed by atoms with E-state index in [1.165, 1.54) is 0 Å². The minimum Gasteiger partial charge on any atom is -0.515 e. The summed E-state index contributed by atoms with van der Waals surface area (Å²) < 4.78 is 1.77. The lowest BCUT2D eigenvalue weighted by molar-refractivity contribution is 0.475. The van der Waals surface area contributed by atoms with E-state index in [1.54, 1.807) is 10.7 Å². The zero-order chi connectivity index (χ0) is 11.0. The Labute approximate surface area is 87.9 Å². The molecule has 0 aliphatic carbocycles. The van der Waals surface area contributed by atoms with E-state index >= 15 is 0 Å². The largest absolute Gasteiger partial charge is 0.515 e. The van der Waals surface area contributed by atoms with Crippen LogP contribution in [0.1, 0.15) is 23.9 Å². The van der Waals surface area contributed by atoms with Crippen molar-refractivity contribution in [3.63, 3.8) is 0 Å². The first-order valence-electron chi connectivity index (χ1n) is 4.77. The molecule has 4 heteroatoms. The Morgan fingerprint density at radius 3 is 2.87 bits per heavy atom. The zero-order valence-corrected chi connectivity index (χ0v) is 9.02. The van der Waals surface area contributed by atoms with E-state index in [1.807, 2.05) is 26.8 Å². The second-order valence-corrected chi connectivity index (χ2v) is 3.64. The van der Waals surface area contributed by atoms with Gasteiger partial charge in [0.15, 0.2) is 5.65 Å². The zero-order valence-electron chi connectivity index (χ0n) is 9.02. The third-order valence-electron chi connectivity index (χ3n) is 2.40. The van der Waals surface area contributed by atoms with Gasteiger partial charge in [-0.15, -0.1) is 0 Å². The lowest BCUT2D eigenvalue weighted by Gasteiger charge is -2.01. The van der Waals surface area contributed by atoms with E-state index < -0.39 is 0 Å². The van der Waals surface area contributed by atoms with Crippen LogP contribution in [0.25, 0.3) is 11.2 Å². The third-order valence-corrected chi connectivity index (χ3v) is 2.40. The predicted octanol–water partition coefficient (Wildman–Crippen LogP) is 2.26. The van der Waals surface area contributed by atoms with Crippen LogP contribution in [0.3, 0.4) is 0 Å². The maximum Gasteiger partial charge on any atom is 0.163 e. The van der Waals surface area contributed by atoms with Gasteiger partial charge in [0, 0.05) is 17.0 Å². The lowest BCUT2D eigenvalue weighted by atomic mass is 10.2. The number of rotatable bonds is 1. The first-order valence-corrected chi connectivity index (χ1v) is 4.77. The summed E-state index contributed by atoms with van der Waals surface area (Å²) in [5, 5.41) is 13.2. The molecule has 1 N–H and O–H groups in total. The van der Waals surface area contributed by atoms with Gasteiger partial charge in [0.1, 0.15) is 0 Å². The molecule has 15 heavy (non-hydrogen) atoms. The van der Waals surface area contributed by atoms with Gasteiger partial charge in [-0.25, -0.2) is 9.50 Å². The Morgan fingerprint density at radius 2 is 2.20 bits per heavy atom. The van der Waals surface area contributed by atoms with Crippen LogP contribution < -0.4 is 0 Å². The molecule has 2 aromatic rings. The van der Waals surface area contributed by atoms with Crippen LogP contribution in [0.2, 0.25) is 0 Å². The summed E-state index contributed by atoms with van der Waals surface area (Å²) in [4.78, 5) is 4.41. The normalized spacial score (nSPS) is 12.3. The van der Waals surface area contributed by atoms with Crippen molar-refractivity contribution >= 4 is 11.2 Å². The smallest absolute Gasteiger partial charge is 0.163 e. The third kappa shape index (κ3) is 1.48. The van der Waals surface area contributed by atoms with Crippen molar-refractivity contribution in [2.75, 3.05) is 0 Å². The Kier molecular flexibility index (Phi) is 2.19. The van der Waals surface area contributed by atoms with Crippen molar-refractivity contribution in [2.24, 2.45) is 0 Å². The highest BCUT2D eigenvalue weighted by Crippen LogP contribution is 2.18. The summed E-state index contributed by atoms with van der Waals surface area (Å²) in [6.45, 7) is 5.76. The highest BCUT2D eigenvalue weighted by Gasteiger charge is 2.09. The minimum absolute atomic E-state index is 0.766. The van der Waals surface area contributed by atoms with Gasteiger partial charge in [-0.3, -0.25) is 0 Å². The van der Waals surface area contributed by atoms with Crippen molar-refractivity contribution < 1.29 is 5.11 Å². The van der Waals surface area contributed by atoms with Crippen LogP contribution in [0.15, 0.2) is 18.5 Å². The quantitative estimate of drug-likeness (QED) is 0.723. The first kappa shape index (κ1) is 9.71. The van der Waals surface area contributed by atoms with E-state index in [2.05, 4.69) is 10.1 Å². The van der Waals surface area contributed by atoms with E-state index in [4.69, 9.17) is 5.11 Å². The number of aliphatic hydroxyl groups is 1. The standard InChI is InChI=1S/C11H13N3O/c1-7(6-15)10-5-12-14-9(3)4-8(2)13-11(10)14/h4-6,15H,1-3H3. The summed E-state index contributed by atoms with van der Waals surface area (Å²) in [6, 6.07) is 1.97. The van der Waals surface area contributed by atoms with Crippen LogP contribution in [0.4, 0.5) is 0 Å². The molecule has 0 amide bonds. The van der Waals surface area contributed by atoms with Crippen molar-refractivity contribution in [3.05, 3.63) is 35.5 Å². The van der Waals surface area contributed by atoms with E-state index in [-0.39, 0.29) is 0 Å². The Balaban J connectivity index is 2.80. The number of aliphatic hydroxyl groups excluding tert-OH is 1. The van der Waals surface area contributed by atoms with Crippen LogP contribution in [-0.4, -0.2) is 19.7 Å². The molecule has 0 aromatic carbocycles. The van der Waals surface area contributed by atoms with E-state index in [0.29, 0.717) is 0 Å². The molecule has 2 rings (SSSR count). The fraction of sp³-hybridized carbons (Fsp3) is 0.273. The van der Waals surface area contributed by atoms with Gasteiger partial charge in [0.25, 0.3) is 0 Å². The molecule has 0 aliphatic heterocycles. The molecule has 0 atom stereocenters. The highest BCUT2D eigenvalue weighted by atomic mass is 16.2. The fourth-order valence-corrected chi connectivity index (χ4v) is 1.62. The van der Waals surface area contributed by atoms with Crippen molar-refractivity contribution in [1.82, 2.24) is 14.6 Å². The molecule has 0 radical (unpaired) electrons. The molecular formula is C11H13N3O. The second-order valence-electron chi connectivity index (χ2n) is 3.64. The van der Waals surface area contributed by atoms with Gasteiger partial charge in [0.05, 0.1) is 12.5 Å². The maximum absolute atomic E-state index is 8.98. The summed E-state index contributed by atoms with van der Waals surface area (Å²) in [7, 11) is 0. The predicted molar refractivity (Wildman–Crippen MR) is 58.7 cm³/mol. The molecule has 0 aliphatic rings. The monoisotopic (exact) mass is 203 g/mol. The average molecular weight is 203 g/mol. The van der Waals surface area contributed by atoms with Crippen LogP contribution in [-0.2, 0) is 0 Å². The molecule has 0 saturated heterocycles.